The second kappa shape index (κ2) is 7.82. The molecule has 186 valence electrons. The lowest BCUT2D eigenvalue weighted by atomic mass is 9.36. The molecule has 1 heterocycles. The first kappa shape index (κ1) is 23.9. The number of allylic oxidation sites excluding steroid dienone is 2. The highest BCUT2D eigenvalue weighted by atomic mass is 16.6. The average Bonchev–Trinajstić information content (AvgIpc) is 3.17. The number of carbonyl (C=O) groups is 1. The maximum absolute atomic E-state index is 12.9. The van der Waals surface area contributed by atoms with Crippen molar-refractivity contribution in [3.05, 3.63) is 11.6 Å². The van der Waals surface area contributed by atoms with Crippen molar-refractivity contribution in [3.63, 3.8) is 0 Å². The van der Waals surface area contributed by atoms with E-state index in [2.05, 4.69) is 47.6 Å². The summed E-state index contributed by atoms with van der Waals surface area (Å²) < 4.78 is 6.06. The molecule has 5 fully saturated rings. The van der Waals surface area contributed by atoms with Gasteiger partial charge in [0.1, 0.15) is 6.10 Å². The molecule has 0 aromatic carbocycles. The van der Waals surface area contributed by atoms with Gasteiger partial charge in [0.05, 0.1) is 18.1 Å². The molecule has 12 atom stereocenters. The Morgan fingerprint density at radius 1 is 1.06 bits per heavy atom. The Hall–Kier alpha value is -0.870. The minimum atomic E-state index is -0.337. The van der Waals surface area contributed by atoms with Crippen molar-refractivity contribution in [2.24, 2.45) is 51.8 Å². The molecular weight excluding hydrogens is 412 g/mol. The Bertz CT molecular complexity index is 831. The van der Waals surface area contributed by atoms with E-state index in [-0.39, 0.29) is 58.3 Å². The van der Waals surface area contributed by atoms with Crippen LogP contribution in [0.3, 0.4) is 0 Å². The van der Waals surface area contributed by atoms with Crippen LogP contribution in [-0.2, 0) is 9.53 Å². The molecular formula is C29H46O4. The molecule has 0 aromatic rings. The largest absolute Gasteiger partial charge is 0.462 e. The summed E-state index contributed by atoms with van der Waals surface area (Å²) in [7, 11) is 0. The third-order valence-corrected chi connectivity index (χ3v) is 12.0. The van der Waals surface area contributed by atoms with Gasteiger partial charge in [0.15, 0.2) is 0 Å². The zero-order valence-corrected chi connectivity index (χ0v) is 21.6. The number of ether oxygens (including phenoxy) is 1. The van der Waals surface area contributed by atoms with Crippen LogP contribution in [0, 0.1) is 51.8 Å². The van der Waals surface area contributed by atoms with Crippen molar-refractivity contribution in [3.8, 4) is 0 Å². The van der Waals surface area contributed by atoms with E-state index in [1.807, 2.05) is 0 Å². The Kier molecular flexibility index (Phi) is 5.65. The molecule has 0 bridgehead atoms. The van der Waals surface area contributed by atoms with Gasteiger partial charge < -0.3 is 14.9 Å². The number of aliphatic hydroxyl groups is 2. The molecule has 4 heteroatoms. The predicted molar refractivity (Wildman–Crippen MR) is 129 cm³/mol. The van der Waals surface area contributed by atoms with Crippen LogP contribution in [0.5, 0.6) is 0 Å². The lowest BCUT2D eigenvalue weighted by Crippen LogP contribution is -2.66. The Morgan fingerprint density at radius 2 is 1.79 bits per heavy atom. The maximum atomic E-state index is 12.9. The number of hydrogen-bond acceptors (Lipinski definition) is 4. The molecule has 0 unspecified atom stereocenters. The Balaban J connectivity index is 1.48. The summed E-state index contributed by atoms with van der Waals surface area (Å²) in [4.78, 5) is 12.9. The van der Waals surface area contributed by atoms with Crippen molar-refractivity contribution in [2.45, 2.75) is 111 Å². The van der Waals surface area contributed by atoms with Gasteiger partial charge in [-0.25, -0.2) is 0 Å². The maximum Gasteiger partial charge on any atom is 0.309 e. The number of aliphatic hydroxyl groups excluding tert-OH is 2. The lowest BCUT2D eigenvalue weighted by molar-refractivity contribution is -0.240. The van der Waals surface area contributed by atoms with E-state index in [0.29, 0.717) is 17.8 Å². The van der Waals surface area contributed by atoms with Gasteiger partial charge in [0.25, 0.3) is 0 Å². The molecule has 0 aromatic heterocycles. The third-order valence-electron chi connectivity index (χ3n) is 12.0. The fourth-order valence-corrected chi connectivity index (χ4v) is 10.4. The quantitative estimate of drug-likeness (QED) is 0.432. The summed E-state index contributed by atoms with van der Waals surface area (Å²) in [5, 5.41) is 22.4. The summed E-state index contributed by atoms with van der Waals surface area (Å²) in [6.07, 6.45) is 9.35. The predicted octanol–water partition coefficient (Wildman–Crippen LogP) is 5.51. The van der Waals surface area contributed by atoms with Crippen LogP contribution in [-0.4, -0.2) is 34.5 Å². The first-order valence-corrected chi connectivity index (χ1v) is 13.6. The molecule has 4 aliphatic carbocycles. The van der Waals surface area contributed by atoms with E-state index in [9.17, 15) is 15.0 Å². The normalized spacial score (nSPS) is 55.2. The van der Waals surface area contributed by atoms with Gasteiger partial charge in [-0.15, -0.1) is 0 Å². The molecule has 0 radical (unpaired) electrons. The van der Waals surface area contributed by atoms with Crippen LogP contribution in [0.15, 0.2) is 11.6 Å². The van der Waals surface area contributed by atoms with Gasteiger partial charge in [-0.2, -0.15) is 0 Å². The van der Waals surface area contributed by atoms with Crippen LogP contribution in [0.25, 0.3) is 0 Å². The van der Waals surface area contributed by atoms with Crippen LogP contribution >= 0.6 is 0 Å². The number of fused-ring (bicyclic) bond motifs is 7. The van der Waals surface area contributed by atoms with E-state index in [1.165, 1.54) is 5.57 Å². The zero-order valence-electron chi connectivity index (χ0n) is 21.6. The van der Waals surface area contributed by atoms with E-state index >= 15 is 0 Å². The lowest BCUT2D eigenvalue weighted by Gasteiger charge is -2.69. The first-order chi connectivity index (χ1) is 15.4. The number of rotatable bonds is 3. The van der Waals surface area contributed by atoms with Crippen molar-refractivity contribution in [2.75, 3.05) is 0 Å². The number of carbonyl (C=O) groups excluding carboxylic acids is 1. The number of hydrogen-bond donors (Lipinski definition) is 2. The first-order valence-electron chi connectivity index (χ1n) is 13.6. The highest BCUT2D eigenvalue weighted by molar-refractivity contribution is 5.75. The molecule has 5 aliphatic rings. The molecule has 0 spiro atoms. The van der Waals surface area contributed by atoms with E-state index < -0.39 is 0 Å². The van der Waals surface area contributed by atoms with E-state index in [0.717, 1.165) is 51.4 Å². The molecule has 4 nitrogen and oxygen atoms in total. The van der Waals surface area contributed by atoms with Gasteiger partial charge in [-0.1, -0.05) is 39.3 Å². The molecule has 1 aliphatic heterocycles. The SMILES string of the molecule is CC(C)=CCC[C@@H]1C(=O)O[C@H]2C[C@@]3(C)[C@@H](C[C@@H](O)[C@H]4[C@@]5(C)CC[C@@H](O)[C@@H](C)[C@@H]5CC[C@@]43C)[C@H]21. The smallest absolute Gasteiger partial charge is 0.309 e. The second-order valence-corrected chi connectivity index (χ2v) is 13.6. The summed E-state index contributed by atoms with van der Waals surface area (Å²) in [6.45, 7) is 13.8. The second-order valence-electron chi connectivity index (χ2n) is 13.6. The molecule has 0 amide bonds. The highest BCUT2D eigenvalue weighted by Gasteiger charge is 2.73. The summed E-state index contributed by atoms with van der Waals surface area (Å²) in [5.41, 5.74) is 1.48. The Labute approximate surface area is 200 Å². The monoisotopic (exact) mass is 458 g/mol. The molecule has 2 N–H and O–H groups in total. The molecule has 33 heavy (non-hydrogen) atoms. The van der Waals surface area contributed by atoms with Crippen LogP contribution in [0.4, 0.5) is 0 Å². The minimum Gasteiger partial charge on any atom is -0.462 e. The topological polar surface area (TPSA) is 66.8 Å². The third kappa shape index (κ3) is 3.18. The average molecular weight is 459 g/mol. The fourth-order valence-electron chi connectivity index (χ4n) is 10.4. The van der Waals surface area contributed by atoms with E-state index in [1.54, 1.807) is 0 Å². The fraction of sp³-hybridized carbons (Fsp3) is 0.897. The number of esters is 1. The Morgan fingerprint density at radius 3 is 2.48 bits per heavy atom. The van der Waals surface area contributed by atoms with Gasteiger partial charge >= 0.3 is 5.97 Å². The van der Waals surface area contributed by atoms with Gasteiger partial charge in [-0.3, -0.25) is 4.79 Å². The molecule has 5 rings (SSSR count). The van der Waals surface area contributed by atoms with Crippen LogP contribution in [0.2, 0.25) is 0 Å². The molecule has 1 saturated heterocycles. The summed E-state index contributed by atoms with van der Waals surface area (Å²) in [6, 6.07) is 0. The van der Waals surface area contributed by atoms with Gasteiger partial charge in [0, 0.05) is 5.92 Å². The summed E-state index contributed by atoms with van der Waals surface area (Å²) >= 11 is 0. The van der Waals surface area contributed by atoms with Crippen molar-refractivity contribution in [1.29, 1.82) is 0 Å². The minimum absolute atomic E-state index is 0.00161. The van der Waals surface area contributed by atoms with Crippen LogP contribution < -0.4 is 0 Å². The van der Waals surface area contributed by atoms with Crippen molar-refractivity contribution >= 4 is 5.97 Å². The summed E-state index contributed by atoms with van der Waals surface area (Å²) in [5.74, 6) is 1.59. The van der Waals surface area contributed by atoms with Crippen LogP contribution in [0.1, 0.15) is 92.9 Å². The van der Waals surface area contributed by atoms with Crippen molar-refractivity contribution < 1.29 is 19.7 Å². The van der Waals surface area contributed by atoms with Gasteiger partial charge in [0.2, 0.25) is 0 Å². The van der Waals surface area contributed by atoms with Crippen molar-refractivity contribution in [1.82, 2.24) is 0 Å². The highest BCUT2D eigenvalue weighted by Crippen LogP contribution is 2.75. The van der Waals surface area contributed by atoms with E-state index in [4.69, 9.17) is 4.74 Å². The molecule has 4 saturated carbocycles. The van der Waals surface area contributed by atoms with Gasteiger partial charge in [-0.05, 0) is 105 Å². The zero-order chi connectivity index (χ0) is 23.9. The standard InChI is InChI=1S/C29H46O4/c1-16(2)8-7-9-18-24-20-14-22(31)25-27(4)12-11-21(30)17(3)19(27)10-13-28(25,5)29(20,6)15-23(24)33-26(18)32/h8,17-25,30-31H,7,9-15H2,1-6H3/t17-,18-,19-,20-,21+,22+,23-,24+,25-,27-,28-,29-/m0/s1.